The van der Waals surface area contributed by atoms with Crippen LogP contribution in [0.15, 0.2) is 53.1 Å². The molecule has 1 aromatic heterocycles. The number of benzene rings is 2. The number of anilines is 1. The molecule has 1 fully saturated rings. The standard InChI is InChI=1S/C21H20F2N4O2/c22-16-3-1-14(2-4-16)20-25-19(29-26-20)13-27-11-9-15(10-12-27)21(28)24-18-7-5-17(23)6-8-18/h1-8,15H,9-13H2,(H,24,28). The second-order valence-corrected chi connectivity index (χ2v) is 7.07. The Morgan fingerprint density at radius 3 is 2.31 bits per heavy atom. The van der Waals surface area contributed by atoms with Gasteiger partial charge in [-0.05, 0) is 74.5 Å². The van der Waals surface area contributed by atoms with Gasteiger partial charge in [-0.1, -0.05) is 5.16 Å². The Kier molecular flexibility index (Phi) is 5.62. The summed E-state index contributed by atoms with van der Waals surface area (Å²) >= 11 is 0. The molecule has 0 saturated carbocycles. The number of halogens is 2. The Morgan fingerprint density at radius 1 is 1.03 bits per heavy atom. The molecule has 0 aliphatic carbocycles. The first-order valence-corrected chi connectivity index (χ1v) is 9.44. The highest BCUT2D eigenvalue weighted by Gasteiger charge is 2.26. The zero-order chi connectivity index (χ0) is 20.2. The molecule has 1 aliphatic heterocycles. The topological polar surface area (TPSA) is 71.3 Å². The number of hydrogen-bond acceptors (Lipinski definition) is 5. The lowest BCUT2D eigenvalue weighted by Gasteiger charge is -2.30. The normalized spacial score (nSPS) is 15.4. The van der Waals surface area contributed by atoms with Gasteiger partial charge in [-0.25, -0.2) is 8.78 Å². The van der Waals surface area contributed by atoms with E-state index in [1.165, 1.54) is 24.3 Å². The molecule has 1 saturated heterocycles. The van der Waals surface area contributed by atoms with Crippen LogP contribution in [0.25, 0.3) is 11.4 Å². The lowest BCUT2D eigenvalue weighted by Crippen LogP contribution is -2.37. The fraction of sp³-hybridized carbons (Fsp3) is 0.286. The van der Waals surface area contributed by atoms with E-state index in [0.29, 0.717) is 42.4 Å². The molecule has 0 spiro atoms. The number of nitrogens with one attached hydrogen (secondary N) is 1. The smallest absolute Gasteiger partial charge is 0.241 e. The quantitative estimate of drug-likeness (QED) is 0.707. The SMILES string of the molecule is O=C(Nc1ccc(F)cc1)C1CCN(Cc2nc(-c3ccc(F)cc3)no2)CC1. The van der Waals surface area contributed by atoms with E-state index < -0.39 is 0 Å². The van der Waals surface area contributed by atoms with Gasteiger partial charge in [0.25, 0.3) is 0 Å². The molecule has 0 radical (unpaired) electrons. The summed E-state index contributed by atoms with van der Waals surface area (Å²) in [5.74, 6) is 0.122. The highest BCUT2D eigenvalue weighted by atomic mass is 19.1. The molecule has 2 aromatic carbocycles. The number of carbonyl (C=O) groups is 1. The molecule has 29 heavy (non-hydrogen) atoms. The van der Waals surface area contributed by atoms with E-state index in [4.69, 9.17) is 4.52 Å². The van der Waals surface area contributed by atoms with Gasteiger partial charge in [-0.3, -0.25) is 9.69 Å². The molecule has 0 bridgehead atoms. The number of piperidine rings is 1. The summed E-state index contributed by atoms with van der Waals surface area (Å²) < 4.78 is 31.3. The van der Waals surface area contributed by atoms with E-state index in [-0.39, 0.29) is 23.5 Å². The summed E-state index contributed by atoms with van der Waals surface area (Å²) in [5, 5.41) is 6.79. The number of nitrogens with zero attached hydrogens (tertiary/aromatic N) is 3. The number of carbonyl (C=O) groups excluding carboxylic acids is 1. The van der Waals surface area contributed by atoms with Crippen molar-refractivity contribution in [2.75, 3.05) is 18.4 Å². The first-order valence-electron chi connectivity index (χ1n) is 9.44. The Bertz CT molecular complexity index is 965. The minimum Gasteiger partial charge on any atom is -0.338 e. The summed E-state index contributed by atoms with van der Waals surface area (Å²) in [5.41, 5.74) is 1.29. The Hall–Kier alpha value is -3.13. The molecule has 8 heteroatoms. The number of likely N-dealkylation sites (tertiary alicyclic amines) is 1. The van der Waals surface area contributed by atoms with Gasteiger partial charge in [0, 0.05) is 17.2 Å². The van der Waals surface area contributed by atoms with Gasteiger partial charge in [-0.15, -0.1) is 0 Å². The lowest BCUT2D eigenvalue weighted by atomic mass is 9.96. The number of hydrogen-bond donors (Lipinski definition) is 1. The zero-order valence-corrected chi connectivity index (χ0v) is 15.6. The monoisotopic (exact) mass is 398 g/mol. The Balaban J connectivity index is 1.28. The summed E-state index contributed by atoms with van der Waals surface area (Å²) in [7, 11) is 0. The van der Waals surface area contributed by atoms with Crippen LogP contribution in [0.3, 0.4) is 0 Å². The van der Waals surface area contributed by atoms with Gasteiger partial charge in [0.1, 0.15) is 11.6 Å². The average molecular weight is 398 g/mol. The molecular weight excluding hydrogens is 378 g/mol. The highest BCUT2D eigenvalue weighted by molar-refractivity contribution is 5.92. The molecular formula is C21H20F2N4O2. The second-order valence-electron chi connectivity index (χ2n) is 7.07. The number of amides is 1. The van der Waals surface area contributed by atoms with E-state index in [1.807, 2.05) is 0 Å². The molecule has 1 aliphatic rings. The zero-order valence-electron chi connectivity index (χ0n) is 15.6. The summed E-state index contributed by atoms with van der Waals surface area (Å²) in [6, 6.07) is 11.7. The molecule has 2 heterocycles. The van der Waals surface area contributed by atoms with Gasteiger partial charge in [0.2, 0.25) is 17.6 Å². The average Bonchev–Trinajstić information content (AvgIpc) is 3.19. The maximum absolute atomic E-state index is 13.0. The van der Waals surface area contributed by atoms with Crippen molar-refractivity contribution in [1.82, 2.24) is 15.0 Å². The van der Waals surface area contributed by atoms with Crippen molar-refractivity contribution in [3.63, 3.8) is 0 Å². The van der Waals surface area contributed by atoms with Gasteiger partial charge in [0.15, 0.2) is 0 Å². The van der Waals surface area contributed by atoms with E-state index in [1.54, 1.807) is 24.3 Å². The van der Waals surface area contributed by atoms with E-state index in [0.717, 1.165) is 13.1 Å². The lowest BCUT2D eigenvalue weighted by molar-refractivity contribution is -0.121. The second kappa shape index (κ2) is 8.48. The maximum atomic E-state index is 13.0. The maximum Gasteiger partial charge on any atom is 0.241 e. The minimum absolute atomic E-state index is 0.0485. The van der Waals surface area contributed by atoms with Crippen LogP contribution in [-0.4, -0.2) is 34.0 Å². The third-order valence-electron chi connectivity index (χ3n) is 5.00. The van der Waals surface area contributed by atoms with Crippen LogP contribution in [0, 0.1) is 17.6 Å². The molecule has 1 N–H and O–H groups in total. The minimum atomic E-state index is -0.333. The van der Waals surface area contributed by atoms with E-state index >= 15 is 0 Å². The number of rotatable bonds is 5. The molecule has 0 unspecified atom stereocenters. The van der Waals surface area contributed by atoms with E-state index in [2.05, 4.69) is 20.4 Å². The molecule has 150 valence electrons. The van der Waals surface area contributed by atoms with Gasteiger partial charge >= 0.3 is 0 Å². The van der Waals surface area contributed by atoms with Crippen molar-refractivity contribution >= 4 is 11.6 Å². The van der Waals surface area contributed by atoms with Crippen LogP contribution in [-0.2, 0) is 11.3 Å². The first kappa shape index (κ1) is 19.2. The summed E-state index contributed by atoms with van der Waals surface area (Å²) in [4.78, 5) is 18.9. The van der Waals surface area contributed by atoms with Crippen LogP contribution in [0.4, 0.5) is 14.5 Å². The van der Waals surface area contributed by atoms with Crippen molar-refractivity contribution in [3.8, 4) is 11.4 Å². The van der Waals surface area contributed by atoms with Crippen molar-refractivity contribution in [3.05, 3.63) is 66.1 Å². The predicted molar refractivity (Wildman–Crippen MR) is 103 cm³/mol. The van der Waals surface area contributed by atoms with Gasteiger partial charge in [0.05, 0.1) is 6.54 Å². The Morgan fingerprint density at radius 2 is 1.66 bits per heavy atom. The fourth-order valence-corrected chi connectivity index (χ4v) is 3.36. The molecule has 3 aromatic rings. The molecule has 0 atom stereocenters. The fourth-order valence-electron chi connectivity index (χ4n) is 3.36. The highest BCUT2D eigenvalue weighted by Crippen LogP contribution is 2.22. The molecule has 6 nitrogen and oxygen atoms in total. The van der Waals surface area contributed by atoms with Gasteiger partial charge < -0.3 is 9.84 Å². The van der Waals surface area contributed by atoms with Crippen LogP contribution in [0.2, 0.25) is 0 Å². The third-order valence-corrected chi connectivity index (χ3v) is 5.00. The van der Waals surface area contributed by atoms with Crippen molar-refractivity contribution in [2.45, 2.75) is 19.4 Å². The van der Waals surface area contributed by atoms with E-state index in [9.17, 15) is 13.6 Å². The van der Waals surface area contributed by atoms with Crippen molar-refractivity contribution < 1.29 is 18.1 Å². The summed E-state index contributed by atoms with van der Waals surface area (Å²) in [6.07, 6.45) is 1.43. The Labute approximate surface area is 166 Å². The van der Waals surface area contributed by atoms with Gasteiger partial charge in [-0.2, -0.15) is 4.98 Å². The largest absolute Gasteiger partial charge is 0.338 e. The van der Waals surface area contributed by atoms with Crippen molar-refractivity contribution in [1.29, 1.82) is 0 Å². The van der Waals surface area contributed by atoms with Crippen LogP contribution in [0.5, 0.6) is 0 Å². The van der Waals surface area contributed by atoms with Crippen molar-refractivity contribution in [2.24, 2.45) is 5.92 Å². The summed E-state index contributed by atoms with van der Waals surface area (Å²) in [6.45, 7) is 1.96. The van der Waals surface area contributed by atoms with Crippen LogP contribution >= 0.6 is 0 Å². The third kappa shape index (κ3) is 4.83. The van der Waals surface area contributed by atoms with Crippen LogP contribution in [0.1, 0.15) is 18.7 Å². The molecule has 1 amide bonds. The predicted octanol–water partition coefficient (Wildman–Crippen LogP) is 3.87. The molecule has 4 rings (SSSR count). The number of aromatic nitrogens is 2. The van der Waals surface area contributed by atoms with Crippen LogP contribution < -0.4 is 5.32 Å². The first-order chi connectivity index (χ1) is 14.1.